The summed E-state index contributed by atoms with van der Waals surface area (Å²) in [6.07, 6.45) is 2.13. The lowest BCUT2D eigenvalue weighted by atomic mass is 9.93. The van der Waals surface area contributed by atoms with E-state index in [0.717, 1.165) is 12.8 Å². The Balaban J connectivity index is 1.59. The molecular weight excluding hydrogens is 312 g/mol. The predicted molar refractivity (Wildman–Crippen MR) is 110 cm³/mol. The van der Waals surface area contributed by atoms with Gasteiger partial charge < -0.3 is 0 Å². The second-order valence-electron chi connectivity index (χ2n) is 7.95. The highest BCUT2D eigenvalue weighted by atomic mass is 14.3. The van der Waals surface area contributed by atoms with Gasteiger partial charge in [-0.15, -0.1) is 0 Å². The maximum absolute atomic E-state index is 2.36. The molecule has 4 aromatic carbocycles. The lowest BCUT2D eigenvalue weighted by Crippen LogP contribution is -1.89. The van der Waals surface area contributed by atoms with Crippen molar-refractivity contribution in [3.8, 4) is 22.3 Å². The SMILES string of the molecule is Cc1ccc2c(c1)Cc1c-2ccc2c3c(ccc12)-c1ccc(C)cc1C3. The van der Waals surface area contributed by atoms with Crippen LogP contribution in [0, 0.1) is 13.8 Å². The zero-order valence-corrected chi connectivity index (χ0v) is 15.2. The Bertz CT molecular complexity index is 1140. The second-order valence-corrected chi connectivity index (χ2v) is 7.95. The summed E-state index contributed by atoms with van der Waals surface area (Å²) in [6, 6.07) is 23.2. The summed E-state index contributed by atoms with van der Waals surface area (Å²) in [4.78, 5) is 0. The summed E-state index contributed by atoms with van der Waals surface area (Å²) in [5, 5.41) is 2.89. The number of hydrogen-bond donors (Lipinski definition) is 0. The Kier molecular flexibility index (Phi) is 2.68. The van der Waals surface area contributed by atoms with Gasteiger partial charge in [-0.3, -0.25) is 0 Å². The average Bonchev–Trinajstić information content (AvgIpc) is 3.18. The van der Waals surface area contributed by atoms with Crippen molar-refractivity contribution in [2.24, 2.45) is 0 Å². The van der Waals surface area contributed by atoms with Crippen molar-refractivity contribution in [3.63, 3.8) is 0 Å². The largest absolute Gasteiger partial charge is 0.0587 e. The summed E-state index contributed by atoms with van der Waals surface area (Å²) in [5.41, 5.74) is 14.4. The molecule has 0 heteroatoms. The molecule has 0 fully saturated rings. The summed E-state index contributed by atoms with van der Waals surface area (Å²) in [5.74, 6) is 0. The first-order valence-corrected chi connectivity index (χ1v) is 9.46. The number of rotatable bonds is 0. The van der Waals surface area contributed by atoms with Crippen LogP contribution in [-0.4, -0.2) is 0 Å². The van der Waals surface area contributed by atoms with Gasteiger partial charge in [0.15, 0.2) is 0 Å². The first-order chi connectivity index (χ1) is 12.7. The fourth-order valence-corrected chi connectivity index (χ4v) is 5.06. The smallest absolute Gasteiger partial charge is 0.000718 e. The van der Waals surface area contributed by atoms with Crippen LogP contribution in [0.4, 0.5) is 0 Å². The van der Waals surface area contributed by atoms with Gasteiger partial charge in [0.25, 0.3) is 0 Å². The molecule has 0 atom stereocenters. The Morgan fingerprint density at radius 2 is 0.923 bits per heavy atom. The number of fused-ring (bicyclic) bond motifs is 9. The van der Waals surface area contributed by atoms with Crippen LogP contribution < -0.4 is 0 Å². The molecule has 2 aliphatic carbocycles. The van der Waals surface area contributed by atoms with Crippen molar-refractivity contribution in [2.45, 2.75) is 26.7 Å². The van der Waals surface area contributed by atoms with E-state index in [1.54, 1.807) is 0 Å². The molecular formula is C26H20. The third kappa shape index (κ3) is 1.79. The van der Waals surface area contributed by atoms with E-state index in [-0.39, 0.29) is 0 Å². The average molecular weight is 332 g/mol. The van der Waals surface area contributed by atoms with Gasteiger partial charge in [-0.05, 0) is 82.0 Å². The minimum atomic E-state index is 1.06. The van der Waals surface area contributed by atoms with Crippen molar-refractivity contribution in [1.82, 2.24) is 0 Å². The molecule has 0 N–H and O–H groups in total. The molecule has 0 heterocycles. The zero-order valence-electron chi connectivity index (χ0n) is 15.2. The lowest BCUT2D eigenvalue weighted by molar-refractivity contribution is 1.25. The molecule has 0 unspecified atom stereocenters. The Morgan fingerprint density at radius 3 is 1.38 bits per heavy atom. The number of aryl methyl sites for hydroxylation is 2. The van der Waals surface area contributed by atoms with Crippen molar-refractivity contribution in [3.05, 3.63) is 94.0 Å². The fourth-order valence-electron chi connectivity index (χ4n) is 5.06. The van der Waals surface area contributed by atoms with Crippen LogP contribution in [0.15, 0.2) is 60.7 Å². The molecule has 0 radical (unpaired) electrons. The van der Waals surface area contributed by atoms with Gasteiger partial charge in [0.05, 0.1) is 0 Å². The van der Waals surface area contributed by atoms with Gasteiger partial charge in [0, 0.05) is 0 Å². The molecule has 0 saturated heterocycles. The van der Waals surface area contributed by atoms with E-state index in [0.29, 0.717) is 0 Å². The minimum Gasteiger partial charge on any atom is -0.0587 e. The third-order valence-electron chi connectivity index (χ3n) is 6.26. The maximum Gasteiger partial charge on any atom is -0.000718 e. The Hall–Kier alpha value is -2.86. The van der Waals surface area contributed by atoms with Gasteiger partial charge in [-0.25, -0.2) is 0 Å². The van der Waals surface area contributed by atoms with E-state index >= 15 is 0 Å². The van der Waals surface area contributed by atoms with Gasteiger partial charge in [0.1, 0.15) is 0 Å². The van der Waals surface area contributed by atoms with Crippen LogP contribution in [0.5, 0.6) is 0 Å². The predicted octanol–water partition coefficient (Wildman–Crippen LogP) is 6.60. The minimum absolute atomic E-state index is 1.06. The molecule has 26 heavy (non-hydrogen) atoms. The molecule has 0 aromatic heterocycles. The van der Waals surface area contributed by atoms with Gasteiger partial charge in [0.2, 0.25) is 0 Å². The van der Waals surface area contributed by atoms with Gasteiger partial charge >= 0.3 is 0 Å². The molecule has 0 bridgehead atoms. The summed E-state index contributed by atoms with van der Waals surface area (Å²) in [6.45, 7) is 4.38. The van der Waals surface area contributed by atoms with E-state index in [9.17, 15) is 0 Å². The van der Waals surface area contributed by atoms with Crippen LogP contribution in [-0.2, 0) is 12.8 Å². The van der Waals surface area contributed by atoms with Crippen LogP contribution >= 0.6 is 0 Å². The molecule has 0 aliphatic heterocycles. The first-order valence-electron chi connectivity index (χ1n) is 9.46. The van der Waals surface area contributed by atoms with Crippen LogP contribution in [0.2, 0.25) is 0 Å². The van der Waals surface area contributed by atoms with Gasteiger partial charge in [-0.2, -0.15) is 0 Å². The third-order valence-corrected chi connectivity index (χ3v) is 6.26. The highest BCUT2D eigenvalue weighted by Gasteiger charge is 2.25. The lowest BCUT2D eigenvalue weighted by Gasteiger charge is -2.10. The molecule has 0 nitrogen and oxygen atoms in total. The number of hydrogen-bond acceptors (Lipinski definition) is 0. The van der Waals surface area contributed by atoms with Crippen molar-refractivity contribution < 1.29 is 0 Å². The highest BCUT2D eigenvalue weighted by molar-refractivity contribution is 6.01. The van der Waals surface area contributed by atoms with Crippen molar-refractivity contribution in [2.75, 3.05) is 0 Å². The highest BCUT2D eigenvalue weighted by Crippen LogP contribution is 2.45. The van der Waals surface area contributed by atoms with Gasteiger partial charge in [-0.1, -0.05) is 71.8 Å². The molecule has 0 amide bonds. The Labute approximate surface area is 154 Å². The van der Waals surface area contributed by atoms with E-state index < -0.39 is 0 Å². The van der Waals surface area contributed by atoms with E-state index in [4.69, 9.17) is 0 Å². The van der Waals surface area contributed by atoms with Crippen LogP contribution in [0.1, 0.15) is 33.4 Å². The molecule has 6 rings (SSSR count). The second kappa shape index (κ2) is 4.86. The van der Waals surface area contributed by atoms with Crippen LogP contribution in [0.3, 0.4) is 0 Å². The molecule has 0 saturated carbocycles. The van der Waals surface area contributed by atoms with E-state index in [2.05, 4.69) is 74.5 Å². The van der Waals surface area contributed by atoms with Crippen molar-refractivity contribution >= 4 is 10.8 Å². The quantitative estimate of drug-likeness (QED) is 0.294. The first kappa shape index (κ1) is 14.3. The summed E-state index contributed by atoms with van der Waals surface area (Å²) < 4.78 is 0. The maximum atomic E-state index is 2.36. The monoisotopic (exact) mass is 332 g/mol. The normalized spacial score (nSPS) is 13.5. The fraction of sp³-hybridized carbons (Fsp3) is 0.154. The van der Waals surface area contributed by atoms with E-state index in [1.165, 1.54) is 66.4 Å². The van der Waals surface area contributed by atoms with E-state index in [1.807, 2.05) is 0 Å². The topological polar surface area (TPSA) is 0 Å². The molecule has 124 valence electrons. The van der Waals surface area contributed by atoms with Crippen LogP contribution in [0.25, 0.3) is 33.0 Å². The summed E-state index contributed by atoms with van der Waals surface area (Å²) >= 11 is 0. The molecule has 0 spiro atoms. The Morgan fingerprint density at radius 1 is 0.500 bits per heavy atom. The molecule has 4 aromatic rings. The van der Waals surface area contributed by atoms with Crippen molar-refractivity contribution in [1.29, 1.82) is 0 Å². The zero-order chi connectivity index (χ0) is 17.4. The summed E-state index contributed by atoms with van der Waals surface area (Å²) in [7, 11) is 0. The molecule has 2 aliphatic rings. The number of benzene rings is 4. The standard InChI is InChI=1S/C26H20/c1-15-3-5-19-17(11-15)13-25-21(19)7-9-24-23(25)10-8-22-20-6-4-16(2)12-18(20)14-26(22)24/h3-12H,13-14H2,1-2H3.